The average molecular weight is 506 g/mol. The second-order valence-electron chi connectivity index (χ2n) is 10.6. The molecule has 35 heavy (non-hydrogen) atoms. The van der Waals surface area contributed by atoms with Gasteiger partial charge in [0.15, 0.2) is 0 Å². The van der Waals surface area contributed by atoms with Gasteiger partial charge < -0.3 is 19.8 Å². The van der Waals surface area contributed by atoms with Crippen LogP contribution in [0.3, 0.4) is 0 Å². The molecule has 2 bridgehead atoms. The molecule has 0 saturated carbocycles. The van der Waals surface area contributed by atoms with E-state index in [2.05, 4.69) is 27.0 Å². The van der Waals surface area contributed by atoms with Gasteiger partial charge >= 0.3 is 0 Å². The van der Waals surface area contributed by atoms with E-state index in [4.69, 9.17) is 0 Å². The number of aliphatic hydroxyl groups excluding tert-OH is 1. The fourth-order valence-corrected chi connectivity index (χ4v) is 9.03. The number of fused-ring (bicyclic) bond motifs is 1. The summed E-state index contributed by atoms with van der Waals surface area (Å²) in [5, 5.41) is 10.2. The molecule has 1 spiro atoms. The standard InChI is InChI=1S/C27H43N3O4S/c1-8-12-18(5)29(16-10-3)25(34)22-27-14-13-26(6,35-27)20(23(32)28(7)15-9-2)21(27)24(33)30(22)19(11-4)17-31/h9-10,18-22,31H,2-3,8,11-17H2,1,4-7H3/t18?,19-,20+,21-,22?,26-,27?/m0/s1. The Bertz CT molecular complexity index is 861. The maximum atomic E-state index is 14.4. The number of carbonyl (C=O) groups is 3. The van der Waals surface area contributed by atoms with Gasteiger partial charge in [-0.25, -0.2) is 0 Å². The third-order valence-corrected chi connectivity index (χ3v) is 10.4. The molecule has 0 aromatic rings. The van der Waals surface area contributed by atoms with Crippen molar-refractivity contribution in [3.63, 3.8) is 0 Å². The molecule has 196 valence electrons. The summed E-state index contributed by atoms with van der Waals surface area (Å²) in [7, 11) is 1.75. The molecule has 0 aliphatic carbocycles. The molecule has 1 N–H and O–H groups in total. The van der Waals surface area contributed by atoms with Crippen LogP contribution in [0.1, 0.15) is 59.8 Å². The van der Waals surface area contributed by atoms with E-state index in [1.807, 2.05) is 18.7 Å². The Kier molecular flexibility index (Phi) is 8.47. The van der Waals surface area contributed by atoms with Gasteiger partial charge in [0.2, 0.25) is 17.7 Å². The van der Waals surface area contributed by atoms with Crippen molar-refractivity contribution in [1.82, 2.24) is 14.7 Å². The van der Waals surface area contributed by atoms with Crippen LogP contribution in [-0.4, -0.2) is 91.9 Å². The number of likely N-dealkylation sites (N-methyl/N-ethyl adjacent to an activating group) is 1. The quantitative estimate of drug-likeness (QED) is 0.412. The molecule has 0 aromatic carbocycles. The molecule has 3 rings (SSSR count). The molecule has 3 aliphatic rings. The highest BCUT2D eigenvalue weighted by molar-refractivity contribution is 8.02. The fraction of sp³-hybridized carbons (Fsp3) is 0.741. The molecule has 8 heteroatoms. The van der Waals surface area contributed by atoms with Gasteiger partial charge in [-0.15, -0.1) is 24.9 Å². The molecule has 3 fully saturated rings. The summed E-state index contributed by atoms with van der Waals surface area (Å²) < 4.78 is -1.08. The van der Waals surface area contributed by atoms with Gasteiger partial charge in [-0.1, -0.05) is 32.4 Å². The number of aliphatic hydroxyl groups is 1. The van der Waals surface area contributed by atoms with Crippen molar-refractivity contribution >= 4 is 29.5 Å². The largest absolute Gasteiger partial charge is 0.394 e. The average Bonchev–Trinajstić information content (AvgIpc) is 3.39. The minimum absolute atomic E-state index is 0.00227. The summed E-state index contributed by atoms with van der Waals surface area (Å²) >= 11 is 1.68. The predicted octanol–water partition coefficient (Wildman–Crippen LogP) is 3.09. The fourth-order valence-electron chi connectivity index (χ4n) is 6.70. The first-order valence-corrected chi connectivity index (χ1v) is 13.8. The van der Waals surface area contributed by atoms with Crippen molar-refractivity contribution in [2.75, 3.05) is 26.7 Å². The van der Waals surface area contributed by atoms with E-state index in [0.29, 0.717) is 25.9 Å². The first-order valence-electron chi connectivity index (χ1n) is 13.0. The minimum atomic E-state index is -0.703. The number of hydrogen-bond donors (Lipinski definition) is 1. The number of rotatable bonds is 12. The molecule has 0 aromatic heterocycles. The Labute approximate surface area is 215 Å². The first-order chi connectivity index (χ1) is 16.6. The Hall–Kier alpha value is -1.80. The molecular weight excluding hydrogens is 462 g/mol. The highest BCUT2D eigenvalue weighted by Crippen LogP contribution is 2.72. The highest BCUT2D eigenvalue weighted by atomic mass is 32.2. The van der Waals surface area contributed by atoms with Crippen molar-refractivity contribution in [3.8, 4) is 0 Å². The molecular formula is C27H43N3O4S. The molecule has 3 saturated heterocycles. The van der Waals surface area contributed by atoms with Crippen LogP contribution in [0.25, 0.3) is 0 Å². The van der Waals surface area contributed by atoms with Gasteiger partial charge in [-0.2, -0.15) is 0 Å². The maximum Gasteiger partial charge on any atom is 0.247 e. The van der Waals surface area contributed by atoms with Crippen molar-refractivity contribution in [3.05, 3.63) is 25.3 Å². The summed E-state index contributed by atoms with van der Waals surface area (Å²) in [4.78, 5) is 47.4. The van der Waals surface area contributed by atoms with Gasteiger partial charge in [0.25, 0.3) is 0 Å². The lowest BCUT2D eigenvalue weighted by atomic mass is 9.66. The smallest absolute Gasteiger partial charge is 0.247 e. The van der Waals surface area contributed by atoms with E-state index in [0.717, 1.165) is 19.3 Å². The van der Waals surface area contributed by atoms with Gasteiger partial charge in [0, 0.05) is 30.9 Å². The summed E-state index contributed by atoms with van der Waals surface area (Å²) in [5.74, 6) is -1.39. The van der Waals surface area contributed by atoms with Gasteiger partial charge in [-0.05, 0) is 39.5 Å². The normalized spacial score (nSPS) is 32.8. The molecule has 7 atom stereocenters. The Morgan fingerprint density at radius 3 is 2.43 bits per heavy atom. The maximum absolute atomic E-state index is 14.4. The summed E-state index contributed by atoms with van der Waals surface area (Å²) in [6, 6.07) is -1.16. The van der Waals surface area contributed by atoms with E-state index in [-0.39, 0.29) is 30.4 Å². The van der Waals surface area contributed by atoms with E-state index in [9.17, 15) is 19.5 Å². The van der Waals surface area contributed by atoms with Crippen molar-refractivity contribution in [2.24, 2.45) is 11.8 Å². The molecule has 0 radical (unpaired) electrons. The van der Waals surface area contributed by atoms with Gasteiger partial charge in [0.1, 0.15) is 6.04 Å². The van der Waals surface area contributed by atoms with Gasteiger partial charge in [-0.3, -0.25) is 14.4 Å². The zero-order chi connectivity index (χ0) is 26.1. The monoisotopic (exact) mass is 505 g/mol. The zero-order valence-electron chi connectivity index (χ0n) is 22.0. The number of likely N-dealkylation sites (tertiary alicyclic amines) is 1. The van der Waals surface area contributed by atoms with E-state index < -0.39 is 33.4 Å². The molecule has 3 unspecified atom stereocenters. The van der Waals surface area contributed by atoms with Crippen LogP contribution in [0.5, 0.6) is 0 Å². The third kappa shape index (κ3) is 4.35. The topological polar surface area (TPSA) is 81.2 Å². The second-order valence-corrected chi connectivity index (χ2v) is 12.5. The minimum Gasteiger partial charge on any atom is -0.394 e. The van der Waals surface area contributed by atoms with Crippen LogP contribution in [0.4, 0.5) is 0 Å². The molecule has 7 nitrogen and oxygen atoms in total. The van der Waals surface area contributed by atoms with E-state index >= 15 is 0 Å². The first kappa shape index (κ1) is 27.8. The molecule has 3 aliphatic heterocycles. The number of thioether (sulfide) groups is 1. The lowest BCUT2D eigenvalue weighted by molar-refractivity contribution is -0.148. The Morgan fingerprint density at radius 2 is 1.89 bits per heavy atom. The van der Waals surface area contributed by atoms with Crippen LogP contribution in [0.15, 0.2) is 25.3 Å². The summed E-state index contributed by atoms with van der Waals surface area (Å²) in [6.07, 6.45) is 7.24. The van der Waals surface area contributed by atoms with Crippen LogP contribution in [-0.2, 0) is 14.4 Å². The predicted molar refractivity (Wildman–Crippen MR) is 141 cm³/mol. The number of carbonyl (C=O) groups excluding carboxylic acids is 3. The van der Waals surface area contributed by atoms with Crippen LogP contribution in [0.2, 0.25) is 0 Å². The lowest BCUT2D eigenvalue weighted by Crippen LogP contribution is -2.58. The zero-order valence-corrected chi connectivity index (χ0v) is 22.9. The molecule has 3 amide bonds. The Morgan fingerprint density at radius 1 is 1.23 bits per heavy atom. The molecule has 3 heterocycles. The van der Waals surface area contributed by atoms with Gasteiger partial charge in [0.05, 0.1) is 29.2 Å². The van der Waals surface area contributed by atoms with E-state index in [1.54, 1.807) is 40.8 Å². The highest BCUT2D eigenvalue weighted by Gasteiger charge is 2.78. The second kappa shape index (κ2) is 10.7. The SMILES string of the molecule is C=CCN(C)C(=O)[C@H]1[C@H]2C(=O)N([C@@H](CC)CO)C(C(=O)N(CC=C)C(C)CCC)C23CC[C@]1(C)S3. The number of amides is 3. The third-order valence-electron chi connectivity index (χ3n) is 8.42. The van der Waals surface area contributed by atoms with Crippen LogP contribution >= 0.6 is 11.8 Å². The van der Waals surface area contributed by atoms with Crippen molar-refractivity contribution in [2.45, 2.75) is 87.4 Å². The summed E-state index contributed by atoms with van der Waals surface area (Å²) in [5.41, 5.74) is 0. The Balaban J connectivity index is 2.13. The number of hydrogen-bond acceptors (Lipinski definition) is 5. The lowest BCUT2D eigenvalue weighted by Gasteiger charge is -2.41. The van der Waals surface area contributed by atoms with E-state index in [1.165, 1.54) is 0 Å². The van der Waals surface area contributed by atoms with Crippen LogP contribution in [0, 0.1) is 11.8 Å². The van der Waals surface area contributed by atoms with Crippen molar-refractivity contribution < 1.29 is 19.5 Å². The summed E-state index contributed by atoms with van der Waals surface area (Å²) in [6.45, 7) is 16.4. The van der Waals surface area contributed by atoms with Crippen molar-refractivity contribution in [1.29, 1.82) is 0 Å². The number of nitrogens with zero attached hydrogens (tertiary/aromatic N) is 3. The van der Waals surface area contributed by atoms with Crippen LogP contribution < -0.4 is 0 Å².